The molecule has 1 aliphatic heterocycles. The van der Waals surface area contributed by atoms with Gasteiger partial charge < -0.3 is 10.6 Å². The van der Waals surface area contributed by atoms with Gasteiger partial charge in [-0.15, -0.1) is 0 Å². The molecule has 0 spiro atoms. The van der Waals surface area contributed by atoms with Crippen molar-refractivity contribution in [3.63, 3.8) is 0 Å². The van der Waals surface area contributed by atoms with Crippen LogP contribution in [0.4, 0.5) is 5.95 Å². The van der Waals surface area contributed by atoms with E-state index in [4.69, 9.17) is 5.73 Å². The van der Waals surface area contributed by atoms with Gasteiger partial charge in [-0.1, -0.05) is 13.8 Å². The number of rotatable bonds is 3. The van der Waals surface area contributed by atoms with E-state index in [1.54, 1.807) is 6.20 Å². The van der Waals surface area contributed by atoms with E-state index < -0.39 is 0 Å². The van der Waals surface area contributed by atoms with Crippen LogP contribution in [0.1, 0.15) is 37.9 Å². The van der Waals surface area contributed by atoms with Crippen LogP contribution < -0.4 is 5.73 Å². The summed E-state index contributed by atoms with van der Waals surface area (Å²) in [6.07, 6.45) is 3.49. The molecule has 5 nitrogen and oxygen atoms in total. The number of anilines is 1. The second-order valence-electron chi connectivity index (χ2n) is 4.41. The Hall–Kier alpha value is -1.65. The summed E-state index contributed by atoms with van der Waals surface area (Å²) in [5.74, 6) is 0.613. The minimum Gasteiger partial charge on any atom is -0.368 e. The number of carbonyl (C=O) groups excluding carboxylic acids is 1. The molecule has 2 rings (SSSR count). The number of hydrogen-bond donors (Lipinski definition) is 1. The quantitative estimate of drug-likeness (QED) is 0.856. The van der Waals surface area contributed by atoms with Gasteiger partial charge in [-0.2, -0.15) is 0 Å². The predicted molar refractivity (Wildman–Crippen MR) is 64.8 cm³/mol. The lowest BCUT2D eigenvalue weighted by Crippen LogP contribution is -2.31. The van der Waals surface area contributed by atoms with Gasteiger partial charge in [-0.05, 0) is 12.8 Å². The largest absolute Gasteiger partial charge is 0.368 e. The van der Waals surface area contributed by atoms with Crippen molar-refractivity contribution in [3.8, 4) is 0 Å². The molecule has 1 aliphatic rings. The third kappa shape index (κ3) is 2.23. The Morgan fingerprint density at radius 3 is 2.82 bits per heavy atom. The lowest BCUT2D eigenvalue weighted by Gasteiger charge is -2.20. The minimum absolute atomic E-state index is 0.120. The van der Waals surface area contributed by atoms with E-state index in [1.807, 2.05) is 18.7 Å². The number of nitrogen functional groups attached to an aromatic ring is 1. The number of nitrogens with zero attached hydrogens (tertiary/aromatic N) is 3. The first-order chi connectivity index (χ1) is 8.15. The van der Waals surface area contributed by atoms with Crippen molar-refractivity contribution in [1.82, 2.24) is 14.9 Å². The molecular weight excluding hydrogens is 216 g/mol. The molecule has 92 valence electrons. The summed E-state index contributed by atoms with van der Waals surface area (Å²) in [6.45, 7) is 5.28. The Labute approximate surface area is 101 Å². The number of amides is 1. The molecule has 2 heterocycles. The fourth-order valence-electron chi connectivity index (χ4n) is 2.22. The maximum absolute atomic E-state index is 12.2. The first kappa shape index (κ1) is 11.8. The maximum Gasteiger partial charge on any atom is 0.226 e. The van der Waals surface area contributed by atoms with E-state index in [1.165, 1.54) is 0 Å². The summed E-state index contributed by atoms with van der Waals surface area (Å²) in [6, 6.07) is 0. The van der Waals surface area contributed by atoms with Crippen molar-refractivity contribution in [3.05, 3.63) is 17.5 Å². The second kappa shape index (κ2) is 4.69. The van der Waals surface area contributed by atoms with Gasteiger partial charge in [0.1, 0.15) is 0 Å². The molecule has 0 saturated heterocycles. The molecular formula is C12H18N4O. The van der Waals surface area contributed by atoms with Crippen molar-refractivity contribution in [1.29, 1.82) is 0 Å². The van der Waals surface area contributed by atoms with Gasteiger partial charge in [-0.3, -0.25) is 4.79 Å². The fraction of sp³-hybridized carbons (Fsp3) is 0.583. The summed E-state index contributed by atoms with van der Waals surface area (Å²) in [5.41, 5.74) is 7.44. The maximum atomic E-state index is 12.2. The molecule has 5 heteroatoms. The van der Waals surface area contributed by atoms with Gasteiger partial charge in [0.25, 0.3) is 0 Å². The van der Waals surface area contributed by atoms with Crippen molar-refractivity contribution in [2.75, 3.05) is 5.73 Å². The van der Waals surface area contributed by atoms with Gasteiger partial charge in [0.15, 0.2) is 0 Å². The molecule has 2 N–H and O–H groups in total. The Kier molecular flexibility index (Phi) is 3.26. The summed E-state index contributed by atoms with van der Waals surface area (Å²) in [7, 11) is 0. The first-order valence-corrected chi connectivity index (χ1v) is 6.04. The number of aromatic nitrogens is 2. The lowest BCUT2D eigenvalue weighted by molar-refractivity contribution is -0.136. The molecule has 1 amide bonds. The smallest absolute Gasteiger partial charge is 0.226 e. The standard InChI is InChI=1S/C12H18N4O/c1-3-8(4-2)11(17)16-6-9-5-14-12(13)15-10(9)7-16/h5,8H,3-4,6-7H2,1-2H3,(H2,13,14,15). The van der Waals surface area contributed by atoms with Crippen molar-refractivity contribution < 1.29 is 4.79 Å². The highest BCUT2D eigenvalue weighted by Gasteiger charge is 2.28. The van der Waals surface area contributed by atoms with Crippen LogP contribution >= 0.6 is 0 Å². The van der Waals surface area contributed by atoms with Crippen molar-refractivity contribution >= 4 is 11.9 Å². The zero-order valence-corrected chi connectivity index (χ0v) is 10.3. The normalized spacial score (nSPS) is 14.2. The van der Waals surface area contributed by atoms with Crippen LogP contribution in [-0.2, 0) is 17.9 Å². The summed E-state index contributed by atoms with van der Waals surface area (Å²) in [4.78, 5) is 22.2. The topological polar surface area (TPSA) is 72.1 Å². The monoisotopic (exact) mass is 234 g/mol. The highest BCUT2D eigenvalue weighted by molar-refractivity contribution is 5.79. The zero-order valence-electron chi connectivity index (χ0n) is 10.3. The third-order valence-corrected chi connectivity index (χ3v) is 3.32. The average molecular weight is 234 g/mol. The van der Waals surface area contributed by atoms with E-state index in [-0.39, 0.29) is 17.8 Å². The summed E-state index contributed by atoms with van der Waals surface area (Å²) in [5, 5.41) is 0. The number of carbonyl (C=O) groups is 1. The number of fused-ring (bicyclic) bond motifs is 1. The van der Waals surface area contributed by atoms with Gasteiger partial charge in [0, 0.05) is 24.2 Å². The van der Waals surface area contributed by atoms with Crippen molar-refractivity contribution in [2.24, 2.45) is 5.92 Å². The van der Waals surface area contributed by atoms with Gasteiger partial charge in [-0.25, -0.2) is 9.97 Å². The molecule has 0 fully saturated rings. The Morgan fingerprint density at radius 2 is 2.18 bits per heavy atom. The van der Waals surface area contributed by atoms with Gasteiger partial charge in [0.2, 0.25) is 11.9 Å². The Bertz CT molecular complexity index is 429. The van der Waals surface area contributed by atoms with E-state index in [2.05, 4.69) is 9.97 Å². The summed E-state index contributed by atoms with van der Waals surface area (Å²) >= 11 is 0. The van der Waals surface area contributed by atoms with E-state index >= 15 is 0 Å². The predicted octanol–water partition coefficient (Wildman–Crippen LogP) is 1.34. The third-order valence-electron chi connectivity index (χ3n) is 3.32. The van der Waals surface area contributed by atoms with Crippen LogP contribution in [0.25, 0.3) is 0 Å². The SMILES string of the molecule is CCC(CC)C(=O)N1Cc2cnc(N)nc2C1. The van der Waals surface area contributed by atoms with E-state index in [0.717, 1.165) is 24.1 Å². The van der Waals surface area contributed by atoms with Gasteiger partial charge >= 0.3 is 0 Å². The van der Waals surface area contributed by atoms with Crippen LogP contribution in [0.15, 0.2) is 6.20 Å². The molecule has 17 heavy (non-hydrogen) atoms. The molecule has 0 bridgehead atoms. The minimum atomic E-state index is 0.120. The average Bonchev–Trinajstić information content (AvgIpc) is 2.73. The summed E-state index contributed by atoms with van der Waals surface area (Å²) < 4.78 is 0. The Morgan fingerprint density at radius 1 is 1.47 bits per heavy atom. The van der Waals surface area contributed by atoms with Crippen LogP contribution in [0.2, 0.25) is 0 Å². The molecule has 0 aromatic carbocycles. The lowest BCUT2D eigenvalue weighted by atomic mass is 10.0. The number of hydrogen-bond acceptors (Lipinski definition) is 4. The zero-order chi connectivity index (χ0) is 12.4. The van der Waals surface area contributed by atoms with E-state index in [9.17, 15) is 4.79 Å². The molecule has 0 radical (unpaired) electrons. The molecule has 0 atom stereocenters. The van der Waals surface area contributed by atoms with Crippen LogP contribution in [0, 0.1) is 5.92 Å². The second-order valence-corrected chi connectivity index (χ2v) is 4.41. The van der Waals surface area contributed by atoms with Crippen LogP contribution in [0.3, 0.4) is 0 Å². The van der Waals surface area contributed by atoms with Crippen LogP contribution in [0.5, 0.6) is 0 Å². The number of nitrogens with two attached hydrogens (primary N) is 1. The van der Waals surface area contributed by atoms with Crippen LogP contribution in [-0.4, -0.2) is 20.8 Å². The molecule has 0 aliphatic carbocycles. The highest BCUT2D eigenvalue weighted by Crippen LogP contribution is 2.24. The highest BCUT2D eigenvalue weighted by atomic mass is 16.2. The molecule has 1 aromatic rings. The van der Waals surface area contributed by atoms with E-state index in [0.29, 0.717) is 13.1 Å². The Balaban J connectivity index is 2.12. The molecule has 1 aromatic heterocycles. The fourth-order valence-corrected chi connectivity index (χ4v) is 2.22. The van der Waals surface area contributed by atoms with Crippen molar-refractivity contribution in [2.45, 2.75) is 39.8 Å². The van der Waals surface area contributed by atoms with Gasteiger partial charge in [0.05, 0.1) is 12.2 Å². The molecule has 0 saturated carbocycles. The molecule has 0 unspecified atom stereocenters. The first-order valence-electron chi connectivity index (χ1n) is 6.04.